The smallest absolute Gasteiger partial charge is 0.422 e. The third kappa shape index (κ3) is 6.17. The molecule has 1 aromatic heterocycles. The van der Waals surface area contributed by atoms with Crippen LogP contribution in [0.25, 0.3) is 0 Å². The molecule has 6 nitrogen and oxygen atoms in total. The van der Waals surface area contributed by atoms with E-state index in [2.05, 4.69) is 9.88 Å². The van der Waals surface area contributed by atoms with Crippen molar-refractivity contribution in [3.8, 4) is 5.19 Å². The Labute approximate surface area is 218 Å². The molecular formula is C27H32F3N3O3S. The fourth-order valence-electron chi connectivity index (χ4n) is 5.82. The average molecular weight is 536 g/mol. The molecule has 2 aliphatic heterocycles. The fraction of sp³-hybridized carbons (Fsp3) is 0.593. The number of halogens is 3. The minimum absolute atomic E-state index is 0.0138. The maximum absolute atomic E-state index is 13.1. The van der Waals surface area contributed by atoms with Crippen LogP contribution in [0.5, 0.6) is 5.19 Å². The molecule has 10 heteroatoms. The second-order valence-corrected chi connectivity index (χ2v) is 11.6. The highest BCUT2D eigenvalue weighted by atomic mass is 32.1. The lowest BCUT2D eigenvalue weighted by Gasteiger charge is -2.31. The van der Waals surface area contributed by atoms with Gasteiger partial charge < -0.3 is 9.64 Å². The number of nitrogens with zero attached hydrogens (tertiary/aromatic N) is 3. The quantitative estimate of drug-likeness (QED) is 0.418. The van der Waals surface area contributed by atoms with E-state index in [9.17, 15) is 22.8 Å². The predicted molar refractivity (Wildman–Crippen MR) is 134 cm³/mol. The number of benzene rings is 1. The van der Waals surface area contributed by atoms with Gasteiger partial charge in [-0.05, 0) is 55.7 Å². The Bertz CT molecular complexity index is 1160. The fourth-order valence-corrected chi connectivity index (χ4v) is 6.73. The summed E-state index contributed by atoms with van der Waals surface area (Å²) in [6.07, 6.45) is 2.36. The van der Waals surface area contributed by atoms with E-state index >= 15 is 0 Å². The van der Waals surface area contributed by atoms with Crippen molar-refractivity contribution in [2.75, 3.05) is 26.7 Å². The number of alkyl halides is 3. The minimum Gasteiger partial charge on any atom is -0.460 e. The molecule has 1 aliphatic carbocycles. The molecule has 0 saturated heterocycles. The number of amides is 1. The zero-order chi connectivity index (χ0) is 26.2. The number of carbonyl (C=O) groups is 2. The number of hydrogen-bond acceptors (Lipinski definition) is 6. The molecule has 37 heavy (non-hydrogen) atoms. The van der Waals surface area contributed by atoms with Gasteiger partial charge in [-0.1, -0.05) is 36.3 Å². The molecule has 0 unspecified atom stereocenters. The number of thiazole rings is 1. The number of carbonyl (C=O) groups excluding carboxylic acids is 2. The van der Waals surface area contributed by atoms with Crippen molar-refractivity contribution in [2.24, 2.45) is 11.8 Å². The molecule has 3 aliphatic rings. The Morgan fingerprint density at radius 1 is 1.16 bits per heavy atom. The summed E-state index contributed by atoms with van der Waals surface area (Å²) in [4.78, 5) is 34.7. The Morgan fingerprint density at radius 2 is 1.92 bits per heavy atom. The van der Waals surface area contributed by atoms with Crippen LogP contribution in [0.15, 0.2) is 18.2 Å². The van der Waals surface area contributed by atoms with Crippen LogP contribution in [-0.2, 0) is 19.5 Å². The molecule has 1 fully saturated rings. The van der Waals surface area contributed by atoms with Gasteiger partial charge in [0.05, 0.1) is 5.69 Å². The summed E-state index contributed by atoms with van der Waals surface area (Å²) in [6.45, 7) is 1.69. The SMILES string of the molecule is CN1Cc2c(C(=O)CC3CCC(CCN4CCc5sc(OCC(F)(F)F)nc5C4)CC3)cccc2C1=O. The first-order chi connectivity index (χ1) is 17.7. The normalized spacial score (nSPS) is 22.2. The molecule has 2 aromatic rings. The van der Waals surface area contributed by atoms with Crippen molar-refractivity contribution in [1.82, 2.24) is 14.8 Å². The van der Waals surface area contributed by atoms with Crippen LogP contribution >= 0.6 is 11.3 Å². The van der Waals surface area contributed by atoms with Crippen LogP contribution in [0, 0.1) is 11.8 Å². The number of aromatic nitrogens is 1. The van der Waals surface area contributed by atoms with E-state index in [-0.39, 0.29) is 16.9 Å². The molecule has 0 spiro atoms. The first kappa shape index (κ1) is 26.2. The molecule has 0 bridgehead atoms. The van der Waals surface area contributed by atoms with E-state index in [1.165, 1.54) is 11.3 Å². The van der Waals surface area contributed by atoms with E-state index in [0.29, 0.717) is 42.5 Å². The van der Waals surface area contributed by atoms with E-state index in [0.717, 1.165) is 67.7 Å². The van der Waals surface area contributed by atoms with Gasteiger partial charge in [0.1, 0.15) is 0 Å². The predicted octanol–water partition coefficient (Wildman–Crippen LogP) is 5.50. The maximum Gasteiger partial charge on any atom is 0.422 e. The molecule has 200 valence electrons. The largest absolute Gasteiger partial charge is 0.460 e. The molecule has 0 atom stereocenters. The van der Waals surface area contributed by atoms with E-state index in [4.69, 9.17) is 4.74 Å². The van der Waals surface area contributed by atoms with Crippen molar-refractivity contribution in [3.05, 3.63) is 45.5 Å². The Hall–Kier alpha value is -2.46. The Morgan fingerprint density at radius 3 is 2.68 bits per heavy atom. The van der Waals surface area contributed by atoms with Crippen molar-refractivity contribution in [3.63, 3.8) is 0 Å². The Balaban J connectivity index is 1.06. The van der Waals surface area contributed by atoms with Crippen molar-refractivity contribution in [2.45, 2.75) is 64.2 Å². The van der Waals surface area contributed by atoms with Gasteiger partial charge in [0.15, 0.2) is 12.4 Å². The van der Waals surface area contributed by atoms with Crippen LogP contribution in [0.2, 0.25) is 0 Å². The summed E-state index contributed by atoms with van der Waals surface area (Å²) in [7, 11) is 1.77. The highest BCUT2D eigenvalue weighted by Gasteiger charge is 2.31. The molecule has 1 saturated carbocycles. The van der Waals surface area contributed by atoms with Gasteiger partial charge in [-0.15, -0.1) is 0 Å². The molecule has 3 heterocycles. The third-order valence-corrected chi connectivity index (χ3v) is 8.96. The zero-order valence-corrected chi connectivity index (χ0v) is 21.8. The third-order valence-electron chi connectivity index (χ3n) is 7.89. The minimum atomic E-state index is -4.36. The van der Waals surface area contributed by atoms with Gasteiger partial charge in [0.25, 0.3) is 11.1 Å². The lowest BCUT2D eigenvalue weighted by atomic mass is 9.77. The van der Waals surface area contributed by atoms with Crippen LogP contribution in [0.4, 0.5) is 13.2 Å². The van der Waals surface area contributed by atoms with Crippen LogP contribution in [-0.4, -0.2) is 59.4 Å². The Kier molecular flexibility index (Phi) is 7.58. The van der Waals surface area contributed by atoms with Gasteiger partial charge in [-0.25, -0.2) is 4.98 Å². The van der Waals surface area contributed by atoms with Crippen molar-refractivity contribution < 1.29 is 27.5 Å². The number of ketones is 1. The molecule has 1 aromatic carbocycles. The second kappa shape index (κ2) is 10.7. The zero-order valence-electron chi connectivity index (χ0n) is 21.0. The van der Waals surface area contributed by atoms with Gasteiger partial charge >= 0.3 is 6.18 Å². The first-order valence-corrected chi connectivity index (χ1v) is 13.8. The lowest BCUT2D eigenvalue weighted by molar-refractivity contribution is -0.153. The molecule has 0 radical (unpaired) electrons. The first-order valence-electron chi connectivity index (χ1n) is 13.0. The topological polar surface area (TPSA) is 62.7 Å². The monoisotopic (exact) mass is 535 g/mol. The van der Waals surface area contributed by atoms with Crippen LogP contribution in [0.1, 0.15) is 75.4 Å². The van der Waals surface area contributed by atoms with E-state index < -0.39 is 12.8 Å². The summed E-state index contributed by atoms with van der Waals surface area (Å²) in [6, 6.07) is 5.48. The van der Waals surface area contributed by atoms with Crippen molar-refractivity contribution in [1.29, 1.82) is 0 Å². The molecule has 1 amide bonds. The number of hydrogen-bond donors (Lipinski definition) is 0. The van der Waals surface area contributed by atoms with Gasteiger partial charge in [0, 0.05) is 49.1 Å². The number of rotatable bonds is 8. The van der Waals surface area contributed by atoms with E-state index in [1.54, 1.807) is 18.0 Å². The summed E-state index contributed by atoms with van der Waals surface area (Å²) >= 11 is 1.23. The molecule has 0 N–H and O–H groups in total. The molecule has 5 rings (SSSR count). The summed E-state index contributed by atoms with van der Waals surface area (Å²) < 4.78 is 42.1. The van der Waals surface area contributed by atoms with Crippen LogP contribution in [0.3, 0.4) is 0 Å². The second-order valence-electron chi connectivity index (χ2n) is 10.6. The maximum atomic E-state index is 13.1. The summed E-state index contributed by atoms with van der Waals surface area (Å²) in [5.41, 5.74) is 3.08. The van der Waals surface area contributed by atoms with Gasteiger partial charge in [-0.3, -0.25) is 14.5 Å². The highest BCUT2D eigenvalue weighted by molar-refractivity contribution is 7.13. The lowest BCUT2D eigenvalue weighted by Crippen LogP contribution is -2.32. The van der Waals surface area contributed by atoms with Gasteiger partial charge in [0.2, 0.25) is 0 Å². The van der Waals surface area contributed by atoms with Gasteiger partial charge in [-0.2, -0.15) is 13.2 Å². The summed E-state index contributed by atoms with van der Waals surface area (Å²) in [5.74, 6) is 1.15. The average Bonchev–Trinajstić information content (AvgIpc) is 3.41. The number of fused-ring (bicyclic) bond motifs is 2. The molecular weight excluding hydrogens is 503 g/mol. The van der Waals surface area contributed by atoms with E-state index in [1.807, 2.05) is 12.1 Å². The summed E-state index contributed by atoms with van der Waals surface area (Å²) in [5, 5.41) is 0.108. The standard InChI is InChI=1S/C27H32F3N3O3S/c1-32-14-21-19(3-2-4-20(21)25(32)35)23(34)13-18-7-5-17(6-8-18)9-11-33-12-10-24-22(15-33)31-26(37-24)36-16-27(28,29)30/h2-4,17-18H,5-16H2,1H3. The van der Waals surface area contributed by atoms with Crippen LogP contribution < -0.4 is 4.74 Å². The highest BCUT2D eigenvalue weighted by Crippen LogP contribution is 2.36. The number of ether oxygens (including phenoxy) is 1. The number of Topliss-reactive ketones (excluding diaryl/α,β-unsaturated/α-hetero) is 1. The van der Waals surface area contributed by atoms with Crippen molar-refractivity contribution >= 4 is 23.0 Å².